The van der Waals surface area contributed by atoms with Gasteiger partial charge in [0, 0.05) is 18.7 Å². The lowest BCUT2D eigenvalue weighted by Crippen LogP contribution is -2.39. The predicted molar refractivity (Wildman–Crippen MR) is 71.6 cm³/mol. The van der Waals surface area contributed by atoms with Gasteiger partial charge in [0.2, 0.25) is 0 Å². The number of nitro benzene ring substituents is 1. The summed E-state index contributed by atoms with van der Waals surface area (Å²) in [6, 6.07) is 5.69. The number of hydrogen-bond donors (Lipinski definition) is 1. The van der Waals surface area contributed by atoms with Gasteiger partial charge in [0.25, 0.3) is 5.69 Å². The summed E-state index contributed by atoms with van der Waals surface area (Å²) >= 11 is 0. The van der Waals surface area contributed by atoms with Gasteiger partial charge in [-0.15, -0.1) is 0 Å². The zero-order valence-electron chi connectivity index (χ0n) is 10.4. The van der Waals surface area contributed by atoms with Gasteiger partial charge in [-0.25, -0.2) is 8.42 Å². The van der Waals surface area contributed by atoms with Crippen LogP contribution in [0.15, 0.2) is 24.3 Å². The highest BCUT2D eigenvalue weighted by Crippen LogP contribution is 2.19. The molecule has 6 nitrogen and oxygen atoms in total. The Balaban J connectivity index is 2.09. The van der Waals surface area contributed by atoms with Crippen molar-refractivity contribution < 1.29 is 13.3 Å². The minimum absolute atomic E-state index is 0.0273. The van der Waals surface area contributed by atoms with Crippen LogP contribution in [-0.2, 0) is 15.6 Å². The van der Waals surface area contributed by atoms with Gasteiger partial charge in [-0.05, 0) is 24.9 Å². The second kappa shape index (κ2) is 5.66. The Morgan fingerprint density at radius 2 is 2.00 bits per heavy atom. The second-order valence-electron chi connectivity index (χ2n) is 4.70. The molecule has 1 unspecified atom stereocenters. The Morgan fingerprint density at radius 3 is 2.53 bits per heavy atom. The molecule has 0 bridgehead atoms. The fourth-order valence-corrected chi connectivity index (χ4v) is 3.98. The lowest BCUT2D eigenvalue weighted by Gasteiger charge is -2.22. The number of nitrogens with one attached hydrogen (secondary N) is 1. The maximum absolute atomic E-state index is 12.2. The summed E-state index contributed by atoms with van der Waals surface area (Å²) in [6.07, 6.45) is 1.55. The van der Waals surface area contributed by atoms with Gasteiger partial charge in [-0.3, -0.25) is 10.1 Å². The zero-order chi connectivity index (χ0) is 13.9. The van der Waals surface area contributed by atoms with Crippen LogP contribution in [0.25, 0.3) is 0 Å². The van der Waals surface area contributed by atoms with E-state index in [2.05, 4.69) is 5.32 Å². The molecule has 0 amide bonds. The molecule has 1 fully saturated rings. The number of nitrogens with zero attached hydrogens (tertiary/aromatic N) is 1. The molecule has 1 aromatic rings. The van der Waals surface area contributed by atoms with Gasteiger partial charge in [0.15, 0.2) is 9.84 Å². The van der Waals surface area contributed by atoms with Crippen LogP contribution in [0.2, 0.25) is 0 Å². The van der Waals surface area contributed by atoms with Crippen molar-refractivity contribution in [2.75, 3.05) is 13.1 Å². The smallest absolute Gasteiger partial charge is 0.269 e. The Bertz CT molecular complexity index is 548. The largest absolute Gasteiger partial charge is 0.315 e. The van der Waals surface area contributed by atoms with Crippen LogP contribution in [0.3, 0.4) is 0 Å². The summed E-state index contributed by atoms with van der Waals surface area (Å²) in [4.78, 5) is 10.0. The third-order valence-corrected chi connectivity index (χ3v) is 5.43. The molecule has 1 atom stereocenters. The third-order valence-electron chi connectivity index (χ3n) is 3.27. The van der Waals surface area contributed by atoms with E-state index in [9.17, 15) is 18.5 Å². The van der Waals surface area contributed by atoms with Gasteiger partial charge in [-0.1, -0.05) is 12.1 Å². The van der Waals surface area contributed by atoms with E-state index in [0.29, 0.717) is 18.5 Å². The minimum atomic E-state index is -3.20. The van der Waals surface area contributed by atoms with Gasteiger partial charge in [-0.2, -0.15) is 0 Å². The molecular weight excluding hydrogens is 268 g/mol. The summed E-state index contributed by atoms with van der Waals surface area (Å²) in [5.74, 6) is -0.0582. The Hall–Kier alpha value is -1.47. The van der Waals surface area contributed by atoms with E-state index in [1.54, 1.807) is 0 Å². The van der Waals surface area contributed by atoms with Crippen LogP contribution in [0.4, 0.5) is 5.69 Å². The van der Waals surface area contributed by atoms with E-state index >= 15 is 0 Å². The van der Waals surface area contributed by atoms with Crippen LogP contribution in [0.1, 0.15) is 18.4 Å². The molecule has 1 aromatic carbocycles. The minimum Gasteiger partial charge on any atom is -0.315 e. The molecule has 7 heteroatoms. The van der Waals surface area contributed by atoms with E-state index in [0.717, 1.165) is 13.0 Å². The normalized spacial score (nSPS) is 20.1. The van der Waals surface area contributed by atoms with Crippen LogP contribution in [-0.4, -0.2) is 31.7 Å². The fourth-order valence-electron chi connectivity index (χ4n) is 2.19. The Morgan fingerprint density at radius 1 is 1.32 bits per heavy atom. The number of piperidine rings is 1. The topological polar surface area (TPSA) is 89.3 Å². The molecule has 0 saturated carbocycles. The number of nitro groups is 1. The highest BCUT2D eigenvalue weighted by atomic mass is 32.2. The van der Waals surface area contributed by atoms with Crippen LogP contribution in [0.5, 0.6) is 0 Å². The maximum atomic E-state index is 12.2. The van der Waals surface area contributed by atoms with Gasteiger partial charge >= 0.3 is 0 Å². The average molecular weight is 284 g/mol. The summed E-state index contributed by atoms with van der Waals surface area (Å²) in [5, 5.41) is 13.3. The Labute approximate surface area is 111 Å². The molecule has 1 aliphatic heterocycles. The summed E-state index contributed by atoms with van der Waals surface area (Å²) < 4.78 is 24.4. The molecule has 2 rings (SSSR count). The first kappa shape index (κ1) is 14.0. The molecular formula is C12H16N2O4S. The first-order chi connectivity index (χ1) is 8.99. The molecule has 0 radical (unpaired) electrons. The summed E-state index contributed by atoms with van der Waals surface area (Å²) in [6.45, 7) is 1.36. The van der Waals surface area contributed by atoms with Crippen LogP contribution < -0.4 is 5.32 Å². The molecule has 104 valence electrons. The third kappa shape index (κ3) is 3.51. The van der Waals surface area contributed by atoms with Crippen LogP contribution >= 0.6 is 0 Å². The van der Waals surface area contributed by atoms with Crippen molar-refractivity contribution in [1.29, 1.82) is 0 Å². The number of benzene rings is 1. The molecule has 1 N–H and O–H groups in total. The van der Waals surface area contributed by atoms with Gasteiger partial charge in [0.05, 0.1) is 15.9 Å². The fraction of sp³-hybridized carbons (Fsp3) is 0.500. The number of non-ortho nitro benzene ring substituents is 1. The number of sulfone groups is 1. The van der Waals surface area contributed by atoms with Crippen molar-refractivity contribution in [3.05, 3.63) is 39.9 Å². The van der Waals surface area contributed by atoms with Crippen molar-refractivity contribution in [2.24, 2.45) is 0 Å². The SMILES string of the molecule is O=[N+]([O-])c1ccc(CS(=O)(=O)C2CCCNC2)cc1. The number of rotatable bonds is 4. The van der Waals surface area contributed by atoms with Gasteiger partial charge in [0.1, 0.15) is 0 Å². The summed E-state index contributed by atoms with van der Waals surface area (Å²) in [5.41, 5.74) is 0.566. The first-order valence-electron chi connectivity index (χ1n) is 6.14. The predicted octanol–water partition coefficient (Wildman–Crippen LogP) is 1.26. The lowest BCUT2D eigenvalue weighted by molar-refractivity contribution is -0.384. The second-order valence-corrected chi connectivity index (χ2v) is 6.98. The van der Waals surface area contributed by atoms with Gasteiger partial charge < -0.3 is 5.32 Å². The highest BCUT2D eigenvalue weighted by molar-refractivity contribution is 7.91. The van der Waals surface area contributed by atoms with Crippen molar-refractivity contribution in [3.63, 3.8) is 0 Å². The molecule has 1 saturated heterocycles. The zero-order valence-corrected chi connectivity index (χ0v) is 11.2. The molecule has 1 aliphatic rings. The monoisotopic (exact) mass is 284 g/mol. The summed E-state index contributed by atoms with van der Waals surface area (Å²) in [7, 11) is -3.20. The quantitative estimate of drug-likeness (QED) is 0.664. The molecule has 1 heterocycles. The maximum Gasteiger partial charge on any atom is 0.269 e. The number of hydrogen-bond acceptors (Lipinski definition) is 5. The molecule has 0 spiro atoms. The van der Waals surface area contributed by atoms with Crippen molar-refractivity contribution in [1.82, 2.24) is 5.32 Å². The Kier molecular flexibility index (Phi) is 4.16. The van der Waals surface area contributed by atoms with Crippen molar-refractivity contribution in [3.8, 4) is 0 Å². The van der Waals surface area contributed by atoms with Crippen molar-refractivity contribution in [2.45, 2.75) is 23.8 Å². The van der Waals surface area contributed by atoms with E-state index in [-0.39, 0.29) is 16.7 Å². The molecule has 0 aromatic heterocycles. The van der Waals surface area contributed by atoms with E-state index < -0.39 is 14.8 Å². The standard InChI is InChI=1S/C12H16N2O4S/c15-14(16)11-5-3-10(4-6-11)9-19(17,18)12-2-1-7-13-8-12/h3-6,12-13H,1-2,7-9H2. The first-order valence-corrected chi connectivity index (χ1v) is 7.86. The lowest BCUT2D eigenvalue weighted by atomic mass is 10.2. The van der Waals surface area contributed by atoms with E-state index in [1.807, 2.05) is 0 Å². The van der Waals surface area contributed by atoms with Crippen LogP contribution in [0, 0.1) is 10.1 Å². The highest BCUT2D eigenvalue weighted by Gasteiger charge is 2.27. The average Bonchev–Trinajstić information content (AvgIpc) is 2.40. The van der Waals surface area contributed by atoms with E-state index in [1.165, 1.54) is 24.3 Å². The van der Waals surface area contributed by atoms with Crippen molar-refractivity contribution >= 4 is 15.5 Å². The molecule has 19 heavy (non-hydrogen) atoms. The van der Waals surface area contributed by atoms with E-state index in [4.69, 9.17) is 0 Å². The molecule has 0 aliphatic carbocycles.